The van der Waals surface area contributed by atoms with E-state index >= 15 is 0 Å². The maximum absolute atomic E-state index is 5.74. The third-order valence-corrected chi connectivity index (χ3v) is 4.05. The van der Waals surface area contributed by atoms with Crippen LogP contribution in [0.15, 0.2) is 16.6 Å². The topological polar surface area (TPSA) is 39.7 Å². The molecule has 0 amide bonds. The molecule has 1 aromatic rings. The first-order chi connectivity index (χ1) is 10.2. The first kappa shape index (κ1) is 16.6. The molecule has 1 atom stereocenters. The number of hydrogen-bond donors (Lipinski definition) is 1. The molecule has 1 N–H and O–H groups in total. The molecule has 0 aliphatic carbocycles. The summed E-state index contributed by atoms with van der Waals surface area (Å²) in [6, 6.07) is 4.11. The van der Waals surface area contributed by atoms with E-state index in [0.717, 1.165) is 48.5 Å². The molecule has 1 aliphatic heterocycles. The number of rotatable bonds is 8. The predicted molar refractivity (Wildman–Crippen MR) is 87.2 cm³/mol. The number of benzene rings is 1. The van der Waals surface area contributed by atoms with Gasteiger partial charge in [0.15, 0.2) is 11.5 Å². The Morgan fingerprint density at radius 1 is 1.43 bits per heavy atom. The van der Waals surface area contributed by atoms with Crippen LogP contribution in [-0.4, -0.2) is 33.0 Å². The fourth-order valence-corrected chi connectivity index (χ4v) is 3.01. The van der Waals surface area contributed by atoms with Crippen molar-refractivity contribution in [2.45, 2.75) is 38.8 Å². The van der Waals surface area contributed by atoms with E-state index in [1.165, 1.54) is 12.0 Å². The Morgan fingerprint density at radius 2 is 2.29 bits per heavy atom. The van der Waals surface area contributed by atoms with Crippen LogP contribution < -0.4 is 14.8 Å². The number of halogens is 1. The van der Waals surface area contributed by atoms with Gasteiger partial charge in [-0.1, -0.05) is 6.92 Å². The minimum atomic E-state index is 0.363. The lowest BCUT2D eigenvalue weighted by molar-refractivity contribution is 0.110. The average molecular weight is 358 g/mol. The van der Waals surface area contributed by atoms with E-state index in [0.29, 0.717) is 12.7 Å². The molecule has 5 heteroatoms. The van der Waals surface area contributed by atoms with E-state index in [1.807, 2.05) is 6.07 Å². The van der Waals surface area contributed by atoms with Gasteiger partial charge in [-0.05, 0) is 52.9 Å². The van der Waals surface area contributed by atoms with Crippen LogP contribution in [0.5, 0.6) is 11.5 Å². The highest BCUT2D eigenvalue weighted by molar-refractivity contribution is 9.10. The van der Waals surface area contributed by atoms with Crippen molar-refractivity contribution in [2.24, 2.45) is 0 Å². The molecular weight excluding hydrogens is 334 g/mol. The summed E-state index contributed by atoms with van der Waals surface area (Å²) in [6.07, 6.45) is 3.67. The molecule has 1 heterocycles. The highest BCUT2D eigenvalue weighted by atomic mass is 79.9. The zero-order valence-corrected chi connectivity index (χ0v) is 14.4. The number of ether oxygens (including phenoxy) is 3. The summed E-state index contributed by atoms with van der Waals surface area (Å²) in [7, 11) is 1.67. The van der Waals surface area contributed by atoms with Crippen molar-refractivity contribution < 1.29 is 14.2 Å². The van der Waals surface area contributed by atoms with Gasteiger partial charge in [0.1, 0.15) is 0 Å². The molecule has 0 saturated carbocycles. The van der Waals surface area contributed by atoms with E-state index in [2.05, 4.69) is 34.2 Å². The van der Waals surface area contributed by atoms with Gasteiger partial charge in [-0.3, -0.25) is 0 Å². The molecule has 0 aromatic heterocycles. The Hall–Kier alpha value is -0.780. The quantitative estimate of drug-likeness (QED) is 0.772. The molecule has 21 heavy (non-hydrogen) atoms. The lowest BCUT2D eigenvalue weighted by Crippen LogP contribution is -2.25. The molecule has 0 unspecified atom stereocenters. The monoisotopic (exact) mass is 357 g/mol. The van der Waals surface area contributed by atoms with Crippen LogP contribution in [0.4, 0.5) is 0 Å². The Labute approximate surface area is 135 Å². The molecule has 0 spiro atoms. The van der Waals surface area contributed by atoms with Crippen LogP contribution in [0, 0.1) is 0 Å². The third kappa shape index (κ3) is 4.87. The minimum Gasteiger partial charge on any atom is -0.493 e. The van der Waals surface area contributed by atoms with Crippen molar-refractivity contribution in [2.75, 3.05) is 26.9 Å². The molecule has 118 valence electrons. The Morgan fingerprint density at radius 3 is 2.95 bits per heavy atom. The van der Waals surface area contributed by atoms with Crippen molar-refractivity contribution in [1.29, 1.82) is 0 Å². The van der Waals surface area contributed by atoms with Crippen molar-refractivity contribution in [3.8, 4) is 11.5 Å². The molecule has 0 radical (unpaired) electrons. The second kappa shape index (κ2) is 8.61. The normalized spacial score (nSPS) is 18.0. The van der Waals surface area contributed by atoms with Gasteiger partial charge in [-0.25, -0.2) is 0 Å². The maximum atomic E-state index is 5.74. The van der Waals surface area contributed by atoms with Crippen molar-refractivity contribution in [3.05, 3.63) is 22.2 Å². The smallest absolute Gasteiger partial charge is 0.175 e. The summed E-state index contributed by atoms with van der Waals surface area (Å²) in [5.41, 5.74) is 1.17. The first-order valence-corrected chi connectivity index (χ1v) is 8.35. The molecule has 1 aromatic carbocycles. The third-order valence-electron chi connectivity index (χ3n) is 3.46. The summed E-state index contributed by atoms with van der Waals surface area (Å²) < 4.78 is 17.7. The van der Waals surface area contributed by atoms with Crippen LogP contribution in [0.3, 0.4) is 0 Å². The summed E-state index contributed by atoms with van der Waals surface area (Å²) in [4.78, 5) is 0. The van der Waals surface area contributed by atoms with E-state index in [-0.39, 0.29) is 0 Å². The second-order valence-corrected chi connectivity index (χ2v) is 6.08. The standard InChI is InChI=1S/C16H24BrNO3/c1-3-6-21-16-14(17)8-12(9-15(16)19-2)10-18-11-13-5-4-7-20-13/h8-9,13,18H,3-7,10-11H2,1-2H3/t13-/m0/s1. The molecular formula is C16H24BrNO3. The average Bonchev–Trinajstić information content (AvgIpc) is 2.99. The minimum absolute atomic E-state index is 0.363. The van der Waals surface area contributed by atoms with Crippen LogP contribution in [0.25, 0.3) is 0 Å². The second-order valence-electron chi connectivity index (χ2n) is 5.22. The van der Waals surface area contributed by atoms with Crippen LogP contribution in [0.2, 0.25) is 0 Å². The summed E-state index contributed by atoms with van der Waals surface area (Å²) in [5.74, 6) is 1.55. The van der Waals surface area contributed by atoms with Gasteiger partial charge in [0.2, 0.25) is 0 Å². The van der Waals surface area contributed by atoms with Gasteiger partial charge in [-0.15, -0.1) is 0 Å². The Bertz CT molecular complexity index is 447. The van der Waals surface area contributed by atoms with Gasteiger partial charge in [0.25, 0.3) is 0 Å². The molecule has 1 saturated heterocycles. The number of nitrogens with one attached hydrogen (secondary N) is 1. The maximum Gasteiger partial charge on any atom is 0.175 e. The molecule has 0 bridgehead atoms. The number of hydrogen-bond acceptors (Lipinski definition) is 4. The van der Waals surface area contributed by atoms with E-state index < -0.39 is 0 Å². The SMILES string of the molecule is CCCOc1c(Br)cc(CNC[C@@H]2CCCO2)cc1OC. The Kier molecular flexibility index (Phi) is 6.80. The van der Waals surface area contributed by atoms with Crippen LogP contribution in [0.1, 0.15) is 31.7 Å². The van der Waals surface area contributed by atoms with Gasteiger partial charge < -0.3 is 19.5 Å². The van der Waals surface area contributed by atoms with Gasteiger partial charge in [0, 0.05) is 19.7 Å². The highest BCUT2D eigenvalue weighted by Gasteiger charge is 2.15. The highest BCUT2D eigenvalue weighted by Crippen LogP contribution is 2.36. The van der Waals surface area contributed by atoms with E-state index in [1.54, 1.807) is 7.11 Å². The summed E-state index contributed by atoms with van der Waals surface area (Å²) in [6.45, 7) is 5.36. The van der Waals surface area contributed by atoms with Gasteiger partial charge in [0.05, 0.1) is 24.3 Å². The van der Waals surface area contributed by atoms with Crippen LogP contribution >= 0.6 is 15.9 Å². The predicted octanol–water partition coefficient (Wildman–Crippen LogP) is 3.52. The van der Waals surface area contributed by atoms with Crippen molar-refractivity contribution in [1.82, 2.24) is 5.32 Å². The zero-order chi connectivity index (χ0) is 15.1. The summed E-state index contributed by atoms with van der Waals surface area (Å²) in [5, 5.41) is 3.44. The molecule has 1 aliphatic rings. The molecule has 4 nitrogen and oxygen atoms in total. The largest absolute Gasteiger partial charge is 0.493 e. The lowest BCUT2D eigenvalue weighted by Gasteiger charge is -2.15. The van der Waals surface area contributed by atoms with Crippen molar-refractivity contribution in [3.63, 3.8) is 0 Å². The molecule has 2 rings (SSSR count). The molecule has 1 fully saturated rings. The lowest BCUT2D eigenvalue weighted by atomic mass is 10.2. The first-order valence-electron chi connectivity index (χ1n) is 7.56. The van der Waals surface area contributed by atoms with Crippen molar-refractivity contribution >= 4 is 15.9 Å². The Balaban J connectivity index is 1.94. The van der Waals surface area contributed by atoms with Gasteiger partial charge >= 0.3 is 0 Å². The zero-order valence-electron chi connectivity index (χ0n) is 12.8. The van der Waals surface area contributed by atoms with E-state index in [9.17, 15) is 0 Å². The van der Waals surface area contributed by atoms with Crippen LogP contribution in [-0.2, 0) is 11.3 Å². The fraction of sp³-hybridized carbons (Fsp3) is 0.625. The van der Waals surface area contributed by atoms with E-state index in [4.69, 9.17) is 14.2 Å². The summed E-state index contributed by atoms with van der Waals surface area (Å²) >= 11 is 3.57. The van der Waals surface area contributed by atoms with Gasteiger partial charge in [-0.2, -0.15) is 0 Å². The number of methoxy groups -OCH3 is 1. The fourth-order valence-electron chi connectivity index (χ4n) is 2.40.